The van der Waals surface area contributed by atoms with Gasteiger partial charge in [0.15, 0.2) is 0 Å². The second kappa shape index (κ2) is 16.7. The van der Waals surface area contributed by atoms with E-state index in [1.165, 1.54) is 161 Å². The molecular formula is C76H78BN3S2. The molecule has 1 saturated carbocycles. The lowest BCUT2D eigenvalue weighted by molar-refractivity contribution is 0.195. The fourth-order valence-electron chi connectivity index (χ4n) is 17.2. The lowest BCUT2D eigenvalue weighted by Gasteiger charge is -2.51. The molecule has 6 heteroatoms. The second-order valence-electron chi connectivity index (χ2n) is 30.1. The molecular weight excluding hydrogens is 1030 g/mol. The topological polar surface area (TPSA) is 9.72 Å². The van der Waals surface area contributed by atoms with Gasteiger partial charge in [-0.05, 0) is 183 Å². The lowest BCUT2D eigenvalue weighted by atomic mass is 9.32. The van der Waals surface area contributed by atoms with Crippen LogP contribution in [0, 0.1) is 0 Å². The van der Waals surface area contributed by atoms with E-state index in [1.54, 1.807) is 0 Å². The number of hydrogen-bond acceptors (Lipinski definition) is 5. The smallest absolute Gasteiger partial charge is 0.252 e. The quantitative estimate of drug-likeness (QED) is 0.163. The summed E-state index contributed by atoms with van der Waals surface area (Å²) in [6.07, 6.45) is 9.42. The van der Waals surface area contributed by atoms with Crippen molar-refractivity contribution in [2.24, 2.45) is 0 Å². The van der Waals surface area contributed by atoms with Gasteiger partial charge in [-0.15, -0.1) is 22.7 Å². The minimum Gasteiger partial charge on any atom is -0.334 e. The minimum atomic E-state index is -0.169. The highest BCUT2D eigenvalue weighted by atomic mass is 32.1. The molecule has 0 N–H and O–H groups in total. The molecule has 16 rings (SSSR count). The molecule has 412 valence electrons. The van der Waals surface area contributed by atoms with Crippen LogP contribution in [0.25, 0.3) is 40.3 Å². The van der Waals surface area contributed by atoms with Crippen molar-refractivity contribution in [3.05, 3.63) is 173 Å². The molecule has 82 heavy (non-hydrogen) atoms. The molecule has 10 aromatic rings. The van der Waals surface area contributed by atoms with Crippen molar-refractivity contribution >= 4 is 132 Å². The maximum Gasteiger partial charge on any atom is 0.252 e. The number of rotatable bonds is 3. The Morgan fingerprint density at radius 3 is 1.55 bits per heavy atom. The van der Waals surface area contributed by atoms with Crippen molar-refractivity contribution in [3.63, 3.8) is 0 Å². The van der Waals surface area contributed by atoms with Crippen LogP contribution in [0.15, 0.2) is 140 Å². The summed E-state index contributed by atoms with van der Waals surface area (Å²) in [5, 5.41) is 5.35. The number of benzene rings is 8. The van der Waals surface area contributed by atoms with Crippen LogP contribution in [0.4, 0.5) is 45.5 Å². The molecule has 2 unspecified atom stereocenters. The number of thiophene rings is 2. The van der Waals surface area contributed by atoms with Crippen molar-refractivity contribution < 1.29 is 0 Å². The number of fused-ring (bicyclic) bond motifs is 15. The number of hydrogen-bond donors (Lipinski definition) is 0. The molecule has 0 bridgehead atoms. The Kier molecular flexibility index (Phi) is 10.5. The van der Waals surface area contributed by atoms with E-state index >= 15 is 0 Å². The first-order valence-electron chi connectivity index (χ1n) is 30.9. The Morgan fingerprint density at radius 1 is 0.415 bits per heavy atom. The average molecular weight is 1110 g/mol. The van der Waals surface area contributed by atoms with Gasteiger partial charge in [0.2, 0.25) is 0 Å². The first-order valence-corrected chi connectivity index (χ1v) is 32.5. The zero-order valence-corrected chi connectivity index (χ0v) is 52.3. The molecule has 3 aliphatic heterocycles. The molecule has 3 nitrogen and oxygen atoms in total. The zero-order chi connectivity index (χ0) is 56.6. The van der Waals surface area contributed by atoms with Crippen LogP contribution in [-0.2, 0) is 32.5 Å². The maximum atomic E-state index is 2.89. The summed E-state index contributed by atoms with van der Waals surface area (Å²) in [5.41, 5.74) is 23.6. The third kappa shape index (κ3) is 6.83. The zero-order valence-electron chi connectivity index (χ0n) is 50.7. The monoisotopic (exact) mass is 1110 g/mol. The fraction of sp³-hybridized carbons (Fsp3) is 0.368. The normalized spacial score (nSPS) is 22.5. The van der Waals surface area contributed by atoms with Gasteiger partial charge < -0.3 is 14.7 Å². The molecule has 0 spiro atoms. The molecule has 0 radical (unpaired) electrons. The highest BCUT2D eigenvalue weighted by Crippen LogP contribution is 2.63. The summed E-state index contributed by atoms with van der Waals surface area (Å²) in [6, 6.07) is 56.7. The van der Waals surface area contributed by atoms with E-state index in [1.807, 2.05) is 22.7 Å². The molecule has 5 heterocycles. The Hall–Kier alpha value is -6.34. The average Bonchev–Trinajstić information content (AvgIpc) is 1.35. The van der Waals surface area contributed by atoms with Crippen LogP contribution in [0.1, 0.15) is 175 Å². The predicted octanol–water partition coefficient (Wildman–Crippen LogP) is 20.2. The number of anilines is 8. The van der Waals surface area contributed by atoms with E-state index in [0.29, 0.717) is 0 Å². The summed E-state index contributed by atoms with van der Waals surface area (Å²) in [4.78, 5) is 8.50. The first-order chi connectivity index (χ1) is 39.0. The Labute approximate surface area is 495 Å². The summed E-state index contributed by atoms with van der Waals surface area (Å²) < 4.78 is 5.35. The largest absolute Gasteiger partial charge is 0.334 e. The third-order valence-corrected chi connectivity index (χ3v) is 24.8. The highest BCUT2D eigenvalue weighted by molar-refractivity contribution is 7.26. The van der Waals surface area contributed by atoms with Gasteiger partial charge in [0, 0.05) is 75.2 Å². The molecule has 1 fully saturated rings. The number of nitrogens with zero attached hydrogens (tertiary/aromatic N) is 3. The van der Waals surface area contributed by atoms with Gasteiger partial charge in [-0.2, -0.15) is 0 Å². The summed E-state index contributed by atoms with van der Waals surface area (Å²) >= 11 is 3.90. The summed E-state index contributed by atoms with van der Waals surface area (Å²) in [5.74, 6) is 0. The van der Waals surface area contributed by atoms with Crippen molar-refractivity contribution in [2.75, 3.05) is 14.7 Å². The van der Waals surface area contributed by atoms with Crippen LogP contribution in [0.2, 0.25) is 0 Å². The standard InChI is InChI=1S/C76H78BN3S2/c1-70(2,3)45-30-31-57-54(38-45)75(12)32-18-19-33-76(75,13)80(57)46-39-62-68-63(40-46)79(59-26-20-24-48-47-22-14-16-27-64(47)82-69(48)59)61-44-53-51(72(6,7)35-37-74(53,10)11)42-56(61)77(68)55-41-50-52(73(8,9)36-34-71(50,4)5)43-60(55)78(62)58-25-21-29-66-67(58)49-23-15-17-28-65(49)81-66/h14-17,20-31,38-44H,18-19,32-37H2,1-13H3. The Morgan fingerprint density at radius 2 is 0.927 bits per heavy atom. The van der Waals surface area contributed by atoms with E-state index in [4.69, 9.17) is 0 Å². The van der Waals surface area contributed by atoms with Gasteiger partial charge in [0.05, 0.1) is 21.6 Å². The summed E-state index contributed by atoms with van der Waals surface area (Å²) in [7, 11) is 0. The van der Waals surface area contributed by atoms with Crippen LogP contribution in [0.3, 0.4) is 0 Å². The fourth-order valence-corrected chi connectivity index (χ4v) is 19.5. The van der Waals surface area contributed by atoms with Crippen LogP contribution < -0.4 is 31.1 Å². The molecule has 3 aliphatic carbocycles. The van der Waals surface area contributed by atoms with E-state index in [9.17, 15) is 0 Å². The van der Waals surface area contributed by atoms with Crippen molar-refractivity contribution in [3.8, 4) is 0 Å². The van der Waals surface area contributed by atoms with Crippen molar-refractivity contribution in [1.29, 1.82) is 0 Å². The molecule has 2 atom stereocenters. The molecule has 8 aromatic carbocycles. The van der Waals surface area contributed by atoms with E-state index in [2.05, 4.69) is 244 Å². The molecule has 0 saturated heterocycles. The van der Waals surface area contributed by atoms with Gasteiger partial charge in [0.25, 0.3) is 6.71 Å². The van der Waals surface area contributed by atoms with Gasteiger partial charge >= 0.3 is 0 Å². The van der Waals surface area contributed by atoms with E-state index in [0.717, 1.165) is 25.7 Å². The van der Waals surface area contributed by atoms with Gasteiger partial charge in [-0.25, -0.2) is 0 Å². The molecule has 2 aromatic heterocycles. The van der Waals surface area contributed by atoms with E-state index < -0.39 is 0 Å². The van der Waals surface area contributed by atoms with Crippen LogP contribution in [-0.4, -0.2) is 12.3 Å². The SMILES string of the molecule is CC(C)(C)c1ccc2c(c1)C1(C)CCCCC1(C)N2c1cc2c3c(c1)N(c1cccc4sc5ccccc5c14)c1cc4c(cc1B3c1cc3c(cc1N2c1cccc2c1sc1ccccc12)C(C)(C)CCC3(C)C)C(C)(C)CCC4(C)C. The van der Waals surface area contributed by atoms with Crippen LogP contribution >= 0.6 is 22.7 Å². The van der Waals surface area contributed by atoms with E-state index in [-0.39, 0.29) is 44.7 Å². The van der Waals surface area contributed by atoms with Crippen molar-refractivity contribution in [2.45, 2.75) is 179 Å². The van der Waals surface area contributed by atoms with Crippen molar-refractivity contribution in [1.82, 2.24) is 0 Å². The molecule has 0 amide bonds. The Balaban J connectivity index is 1.10. The Bertz CT molecular complexity index is 4430. The van der Waals surface area contributed by atoms with Gasteiger partial charge in [-0.3, -0.25) is 0 Å². The lowest BCUT2D eigenvalue weighted by Crippen LogP contribution is -2.62. The van der Waals surface area contributed by atoms with Gasteiger partial charge in [-0.1, -0.05) is 175 Å². The first kappa shape index (κ1) is 51.3. The maximum absolute atomic E-state index is 2.89. The summed E-state index contributed by atoms with van der Waals surface area (Å²) in [6.45, 7) is 32.6. The molecule has 6 aliphatic rings. The minimum absolute atomic E-state index is 0.00398. The third-order valence-electron chi connectivity index (χ3n) is 22.5. The second-order valence-corrected chi connectivity index (χ2v) is 32.2. The van der Waals surface area contributed by atoms with Crippen LogP contribution in [0.5, 0.6) is 0 Å². The predicted molar refractivity (Wildman–Crippen MR) is 358 cm³/mol. The highest BCUT2D eigenvalue weighted by Gasteiger charge is 2.59. The van der Waals surface area contributed by atoms with Gasteiger partial charge in [0.1, 0.15) is 0 Å².